The van der Waals surface area contributed by atoms with Gasteiger partial charge in [-0.1, -0.05) is 18.2 Å². The molecule has 0 atom stereocenters. The summed E-state index contributed by atoms with van der Waals surface area (Å²) in [6.07, 6.45) is 1.54. The highest BCUT2D eigenvalue weighted by atomic mass is 19.1. The van der Waals surface area contributed by atoms with Crippen LogP contribution in [0, 0.1) is 19.7 Å². The number of carbonyl (C=O) groups excluding carboxylic acids is 1. The van der Waals surface area contributed by atoms with Crippen LogP contribution in [0.5, 0.6) is 0 Å². The third-order valence-corrected chi connectivity index (χ3v) is 4.65. The number of carbonyl (C=O) groups is 1. The summed E-state index contributed by atoms with van der Waals surface area (Å²) >= 11 is 0. The van der Waals surface area contributed by atoms with E-state index in [9.17, 15) is 14.0 Å². The summed E-state index contributed by atoms with van der Waals surface area (Å²) in [7, 11) is 0. The smallest absolute Gasteiger partial charge is 0.293 e. The topological polar surface area (TPSA) is 81.8 Å². The third kappa shape index (κ3) is 3.52. The summed E-state index contributed by atoms with van der Waals surface area (Å²) in [6.45, 7) is 3.39. The Bertz CT molecular complexity index is 1270. The normalized spacial score (nSPS) is 11.0. The molecule has 0 unspecified atom stereocenters. The molecule has 8 heteroatoms. The Labute approximate surface area is 165 Å². The first-order chi connectivity index (χ1) is 13.9. The Morgan fingerprint density at radius 2 is 1.83 bits per heavy atom. The summed E-state index contributed by atoms with van der Waals surface area (Å²) < 4.78 is 15.8. The fourth-order valence-corrected chi connectivity index (χ4v) is 3.15. The number of halogens is 1. The molecule has 146 valence electrons. The molecule has 0 aliphatic rings. The molecule has 0 spiro atoms. The first kappa shape index (κ1) is 18.5. The number of hydrogen-bond donors (Lipinski definition) is 1. The Hall–Kier alpha value is -3.81. The number of amides is 1. The maximum absolute atomic E-state index is 13.3. The van der Waals surface area contributed by atoms with Crippen molar-refractivity contribution >= 4 is 22.5 Å². The largest absolute Gasteiger partial charge is 0.324 e. The number of nitrogens with zero attached hydrogens (tertiary/aromatic N) is 4. The van der Waals surface area contributed by atoms with Gasteiger partial charge >= 0.3 is 0 Å². The van der Waals surface area contributed by atoms with E-state index in [1.54, 1.807) is 19.2 Å². The zero-order chi connectivity index (χ0) is 20.5. The Balaban J connectivity index is 1.72. The fourth-order valence-electron chi connectivity index (χ4n) is 3.15. The van der Waals surface area contributed by atoms with Crippen LogP contribution in [0.1, 0.15) is 11.3 Å². The second-order valence-electron chi connectivity index (χ2n) is 6.71. The van der Waals surface area contributed by atoms with E-state index in [0.717, 1.165) is 10.2 Å². The zero-order valence-electron chi connectivity index (χ0n) is 15.9. The quantitative estimate of drug-likeness (QED) is 0.580. The van der Waals surface area contributed by atoms with E-state index in [0.29, 0.717) is 22.5 Å². The van der Waals surface area contributed by atoms with E-state index in [4.69, 9.17) is 0 Å². The fraction of sp³-hybridized carbons (Fsp3) is 0.143. The van der Waals surface area contributed by atoms with Crippen molar-refractivity contribution in [2.24, 2.45) is 0 Å². The van der Waals surface area contributed by atoms with E-state index >= 15 is 0 Å². The lowest BCUT2D eigenvalue weighted by Crippen LogP contribution is -2.31. The number of rotatable bonds is 4. The molecule has 1 N–H and O–H groups in total. The minimum atomic E-state index is -0.452. The van der Waals surface area contributed by atoms with Crippen molar-refractivity contribution < 1.29 is 9.18 Å². The van der Waals surface area contributed by atoms with Crippen molar-refractivity contribution in [3.05, 3.63) is 82.2 Å². The first-order valence-electron chi connectivity index (χ1n) is 9.01. The molecule has 0 radical (unpaired) electrons. The molecule has 0 aliphatic carbocycles. The van der Waals surface area contributed by atoms with Gasteiger partial charge in [0.25, 0.3) is 5.56 Å². The highest BCUT2D eigenvalue weighted by Gasteiger charge is 2.17. The van der Waals surface area contributed by atoms with Crippen molar-refractivity contribution in [1.82, 2.24) is 19.6 Å². The van der Waals surface area contributed by atoms with Crippen LogP contribution in [0.15, 0.2) is 59.5 Å². The van der Waals surface area contributed by atoms with Crippen LogP contribution in [0.4, 0.5) is 10.1 Å². The molecule has 0 aliphatic heterocycles. The van der Waals surface area contributed by atoms with Crippen LogP contribution >= 0.6 is 0 Å². The SMILES string of the molecule is Cc1ccccc1NC(=O)Cn1nc(C)c2cnn(-c3ccc(F)cc3)c2c1=O. The molecule has 2 aromatic heterocycles. The summed E-state index contributed by atoms with van der Waals surface area (Å²) in [4.78, 5) is 25.5. The molecular formula is C21H18FN5O2. The minimum absolute atomic E-state index is 0.238. The van der Waals surface area contributed by atoms with E-state index in [-0.39, 0.29) is 23.8 Å². The Morgan fingerprint density at radius 1 is 1.10 bits per heavy atom. The van der Waals surface area contributed by atoms with Gasteiger partial charge in [0.2, 0.25) is 5.91 Å². The first-order valence-corrected chi connectivity index (χ1v) is 9.01. The van der Waals surface area contributed by atoms with Gasteiger partial charge in [-0.05, 0) is 49.7 Å². The number of nitrogens with one attached hydrogen (secondary N) is 1. The van der Waals surface area contributed by atoms with Crippen LogP contribution in [0.2, 0.25) is 0 Å². The molecule has 4 rings (SSSR count). The second-order valence-corrected chi connectivity index (χ2v) is 6.71. The number of benzene rings is 2. The van der Waals surface area contributed by atoms with Crippen LogP contribution in [0.3, 0.4) is 0 Å². The highest BCUT2D eigenvalue weighted by molar-refractivity contribution is 5.91. The van der Waals surface area contributed by atoms with Crippen LogP contribution < -0.4 is 10.9 Å². The molecule has 2 aromatic carbocycles. The highest BCUT2D eigenvalue weighted by Crippen LogP contribution is 2.18. The predicted octanol–water partition coefficient (Wildman–Crippen LogP) is 2.98. The van der Waals surface area contributed by atoms with Crippen molar-refractivity contribution in [3.63, 3.8) is 0 Å². The number of anilines is 1. The van der Waals surface area contributed by atoms with E-state index in [1.165, 1.54) is 28.9 Å². The van der Waals surface area contributed by atoms with E-state index in [1.807, 2.05) is 25.1 Å². The number of hydrogen-bond acceptors (Lipinski definition) is 4. The van der Waals surface area contributed by atoms with Gasteiger partial charge in [-0.2, -0.15) is 10.2 Å². The van der Waals surface area contributed by atoms with Gasteiger partial charge in [-0.15, -0.1) is 0 Å². The average Bonchev–Trinajstić information content (AvgIpc) is 3.14. The van der Waals surface area contributed by atoms with Gasteiger partial charge < -0.3 is 5.32 Å². The van der Waals surface area contributed by atoms with Gasteiger partial charge in [0.1, 0.15) is 17.9 Å². The molecule has 0 bridgehead atoms. The molecular weight excluding hydrogens is 373 g/mol. The summed E-state index contributed by atoms with van der Waals surface area (Å²) in [5, 5.41) is 11.9. The van der Waals surface area contributed by atoms with Gasteiger partial charge in [0.05, 0.1) is 17.6 Å². The van der Waals surface area contributed by atoms with Crippen molar-refractivity contribution in [2.45, 2.75) is 20.4 Å². The van der Waals surface area contributed by atoms with Gasteiger partial charge in [-0.3, -0.25) is 9.59 Å². The third-order valence-electron chi connectivity index (χ3n) is 4.65. The average molecular weight is 391 g/mol. The Morgan fingerprint density at radius 3 is 2.55 bits per heavy atom. The van der Waals surface area contributed by atoms with Crippen LogP contribution in [0.25, 0.3) is 16.6 Å². The standard InChI is InChI=1S/C21H18FN5O2/c1-13-5-3-4-6-18(13)24-19(28)12-26-21(29)20-17(14(2)25-26)11-23-27(20)16-9-7-15(22)8-10-16/h3-11H,12H2,1-2H3,(H,24,28). The predicted molar refractivity (Wildman–Crippen MR) is 108 cm³/mol. The van der Waals surface area contributed by atoms with Gasteiger partial charge in [0.15, 0.2) is 0 Å². The van der Waals surface area contributed by atoms with Crippen molar-refractivity contribution in [3.8, 4) is 5.69 Å². The number of para-hydroxylation sites is 1. The summed E-state index contributed by atoms with van der Waals surface area (Å²) in [6, 6.07) is 13.0. The summed E-state index contributed by atoms with van der Waals surface area (Å²) in [5.74, 6) is -0.742. The van der Waals surface area contributed by atoms with Crippen molar-refractivity contribution in [2.75, 3.05) is 5.32 Å². The van der Waals surface area contributed by atoms with Crippen molar-refractivity contribution in [1.29, 1.82) is 0 Å². The molecule has 0 saturated carbocycles. The monoisotopic (exact) mass is 391 g/mol. The molecule has 2 heterocycles. The lowest BCUT2D eigenvalue weighted by atomic mass is 10.2. The number of aromatic nitrogens is 4. The molecule has 0 saturated heterocycles. The molecule has 4 aromatic rings. The van der Waals surface area contributed by atoms with E-state index in [2.05, 4.69) is 15.5 Å². The van der Waals surface area contributed by atoms with E-state index < -0.39 is 5.56 Å². The summed E-state index contributed by atoms with van der Waals surface area (Å²) in [5.41, 5.74) is 2.54. The molecule has 7 nitrogen and oxygen atoms in total. The molecule has 1 amide bonds. The number of aryl methyl sites for hydroxylation is 2. The molecule has 29 heavy (non-hydrogen) atoms. The lowest BCUT2D eigenvalue weighted by molar-refractivity contribution is -0.117. The second kappa shape index (κ2) is 7.31. The van der Waals surface area contributed by atoms with Crippen LogP contribution in [-0.4, -0.2) is 25.5 Å². The maximum Gasteiger partial charge on any atom is 0.293 e. The maximum atomic E-state index is 13.3. The molecule has 0 fully saturated rings. The van der Waals surface area contributed by atoms with Gasteiger partial charge in [0, 0.05) is 11.1 Å². The van der Waals surface area contributed by atoms with Gasteiger partial charge in [-0.25, -0.2) is 13.8 Å². The minimum Gasteiger partial charge on any atom is -0.324 e. The van der Waals surface area contributed by atoms with Crippen LogP contribution in [-0.2, 0) is 11.3 Å². The lowest BCUT2D eigenvalue weighted by Gasteiger charge is -2.10. The Kier molecular flexibility index (Phi) is 4.67. The number of fused-ring (bicyclic) bond motifs is 1. The zero-order valence-corrected chi connectivity index (χ0v) is 15.9.